The van der Waals surface area contributed by atoms with Crippen molar-refractivity contribution in [1.82, 2.24) is 4.98 Å². The normalized spacial score (nSPS) is 27.6. The molecule has 1 aromatic rings. The zero-order valence-electron chi connectivity index (χ0n) is 19.4. The van der Waals surface area contributed by atoms with Crippen LogP contribution in [0.3, 0.4) is 0 Å². The number of halogens is 1. The number of alkyl halides is 1. The molecule has 2 N–H and O–H groups in total. The van der Waals surface area contributed by atoms with E-state index in [1.807, 2.05) is 44.2 Å². The lowest BCUT2D eigenvalue weighted by molar-refractivity contribution is 0.0166. The molecule has 1 aromatic heterocycles. The van der Waals surface area contributed by atoms with E-state index in [0.717, 1.165) is 41.1 Å². The lowest BCUT2D eigenvalue weighted by atomic mass is 9.75. The number of aliphatic hydroxyl groups is 2. The molecule has 4 rings (SSSR count). The minimum Gasteiger partial charge on any atom is -0.390 e. The molecule has 3 nitrogen and oxygen atoms in total. The van der Waals surface area contributed by atoms with Gasteiger partial charge in [-0.25, -0.2) is 4.98 Å². The van der Waals surface area contributed by atoms with Crippen molar-refractivity contribution in [2.45, 2.75) is 56.6 Å². The van der Waals surface area contributed by atoms with Gasteiger partial charge in [0, 0.05) is 5.92 Å². The van der Waals surface area contributed by atoms with E-state index in [-0.39, 0.29) is 23.1 Å². The highest BCUT2D eigenvalue weighted by Crippen LogP contribution is 2.34. The van der Waals surface area contributed by atoms with Crippen LogP contribution in [0.5, 0.6) is 0 Å². The molecule has 3 aliphatic rings. The van der Waals surface area contributed by atoms with Gasteiger partial charge in [-0.15, -0.1) is 11.6 Å². The summed E-state index contributed by atoms with van der Waals surface area (Å²) in [6, 6.07) is 4.14. The van der Waals surface area contributed by atoms with Crippen molar-refractivity contribution in [2.75, 3.05) is 0 Å². The Morgan fingerprint density at radius 1 is 1.18 bits per heavy atom. The average molecular weight is 464 g/mol. The van der Waals surface area contributed by atoms with Crippen LogP contribution in [0.25, 0.3) is 18.2 Å². The summed E-state index contributed by atoms with van der Waals surface area (Å²) in [7, 11) is 0. The predicted molar refractivity (Wildman–Crippen MR) is 138 cm³/mol. The predicted octanol–water partition coefficient (Wildman–Crippen LogP) is 4.44. The highest BCUT2D eigenvalue weighted by Gasteiger charge is 2.32. The van der Waals surface area contributed by atoms with Crippen molar-refractivity contribution in [3.8, 4) is 0 Å². The summed E-state index contributed by atoms with van der Waals surface area (Å²) in [6.45, 7) is 3.71. The first-order valence-corrected chi connectivity index (χ1v) is 12.4. The average Bonchev–Trinajstić information content (AvgIpc) is 2.80. The molecule has 174 valence electrons. The maximum Gasteiger partial charge on any atom is 0.0787 e. The Morgan fingerprint density at radius 3 is 2.82 bits per heavy atom. The van der Waals surface area contributed by atoms with Crippen LogP contribution < -0.4 is 10.6 Å². The van der Waals surface area contributed by atoms with E-state index < -0.39 is 11.7 Å². The second-order valence-electron chi connectivity index (χ2n) is 9.87. The molecule has 0 amide bonds. The molecule has 0 aliphatic heterocycles. The standard InChI is InChI=1S/C29H34ClNO2/c1-29(2,33)26-9-4-3-7-21(26)13-17-28(32)23-8-5-6-20(18-23)10-15-25-16-12-22-11-14-24(30)19-27(22)31-25/h3-5,7-12,15-16,18-21,24,26,28,32-33H,6,13-14,17H2,1-2H3/b15-10+/t20?,21?,24?,26?,28-/m0/s1. The summed E-state index contributed by atoms with van der Waals surface area (Å²) in [5.74, 6) is 0.523. The molecular weight excluding hydrogens is 430 g/mol. The molecule has 0 spiro atoms. The van der Waals surface area contributed by atoms with Gasteiger partial charge in [0.15, 0.2) is 0 Å². The maximum atomic E-state index is 10.9. The third-order valence-electron chi connectivity index (χ3n) is 6.74. The monoisotopic (exact) mass is 463 g/mol. The van der Waals surface area contributed by atoms with Crippen molar-refractivity contribution in [3.63, 3.8) is 0 Å². The fraction of sp³-hybridized carbons (Fsp3) is 0.414. The van der Waals surface area contributed by atoms with Gasteiger partial charge in [0.1, 0.15) is 0 Å². The molecule has 4 unspecified atom stereocenters. The third kappa shape index (κ3) is 6.23. The Bertz CT molecular complexity index is 1120. The third-order valence-corrected chi connectivity index (χ3v) is 7.05. The molecule has 1 heterocycles. The van der Waals surface area contributed by atoms with Crippen LogP contribution in [0.1, 0.15) is 45.2 Å². The number of fused-ring (bicyclic) bond motifs is 1. The largest absolute Gasteiger partial charge is 0.390 e. The van der Waals surface area contributed by atoms with E-state index in [9.17, 15) is 10.2 Å². The van der Waals surface area contributed by atoms with Crippen molar-refractivity contribution in [1.29, 1.82) is 0 Å². The van der Waals surface area contributed by atoms with Gasteiger partial charge >= 0.3 is 0 Å². The van der Waals surface area contributed by atoms with Gasteiger partial charge in [0.2, 0.25) is 0 Å². The topological polar surface area (TPSA) is 53.4 Å². The number of nitrogens with zero attached hydrogens (tertiary/aromatic N) is 1. The van der Waals surface area contributed by atoms with Crippen LogP contribution in [0.2, 0.25) is 0 Å². The second kappa shape index (κ2) is 10.4. The molecule has 4 heteroatoms. The van der Waals surface area contributed by atoms with Gasteiger partial charge in [-0.3, -0.25) is 0 Å². The van der Waals surface area contributed by atoms with Gasteiger partial charge in [-0.1, -0.05) is 60.8 Å². The Morgan fingerprint density at radius 2 is 2.00 bits per heavy atom. The van der Waals surface area contributed by atoms with Crippen LogP contribution in [-0.2, 0) is 0 Å². The minimum absolute atomic E-state index is 0.0125. The number of pyridine rings is 1. The maximum absolute atomic E-state index is 10.9. The molecule has 0 bridgehead atoms. The molecule has 3 aliphatic carbocycles. The van der Waals surface area contributed by atoms with Crippen molar-refractivity contribution < 1.29 is 10.2 Å². The Kier molecular flexibility index (Phi) is 7.53. The highest BCUT2D eigenvalue weighted by molar-refractivity contribution is 6.24. The van der Waals surface area contributed by atoms with Crippen molar-refractivity contribution in [3.05, 3.63) is 82.6 Å². The zero-order valence-corrected chi connectivity index (χ0v) is 20.2. The lowest BCUT2D eigenvalue weighted by Crippen LogP contribution is -2.35. The summed E-state index contributed by atoms with van der Waals surface area (Å²) >= 11 is 6.24. The van der Waals surface area contributed by atoms with E-state index in [0.29, 0.717) is 6.42 Å². The summed E-state index contributed by atoms with van der Waals surface area (Å²) in [6.07, 6.45) is 25.7. The van der Waals surface area contributed by atoms with E-state index in [2.05, 4.69) is 48.6 Å². The Balaban J connectivity index is 1.39. The van der Waals surface area contributed by atoms with Crippen LogP contribution >= 0.6 is 11.6 Å². The van der Waals surface area contributed by atoms with E-state index in [1.54, 1.807) is 0 Å². The number of hydrogen-bond acceptors (Lipinski definition) is 3. The number of hydrogen-bond donors (Lipinski definition) is 2. The van der Waals surface area contributed by atoms with Crippen LogP contribution in [-0.4, -0.2) is 32.3 Å². The molecule has 0 radical (unpaired) electrons. The Labute approximate surface area is 201 Å². The number of aromatic nitrogens is 1. The van der Waals surface area contributed by atoms with E-state index in [1.165, 1.54) is 0 Å². The lowest BCUT2D eigenvalue weighted by Gasteiger charge is -2.34. The van der Waals surface area contributed by atoms with Crippen molar-refractivity contribution >= 4 is 29.8 Å². The van der Waals surface area contributed by atoms with Crippen LogP contribution in [0.15, 0.2) is 66.3 Å². The fourth-order valence-electron chi connectivity index (χ4n) is 4.90. The second-order valence-corrected chi connectivity index (χ2v) is 10.4. The van der Waals surface area contributed by atoms with Gasteiger partial charge in [-0.05, 0) is 80.4 Å². The Hall–Kier alpha value is -2.20. The quantitative estimate of drug-likeness (QED) is 0.588. The summed E-state index contributed by atoms with van der Waals surface area (Å²) in [5, 5.41) is 23.5. The summed E-state index contributed by atoms with van der Waals surface area (Å²) < 4.78 is 0. The molecule has 0 saturated heterocycles. The molecule has 0 fully saturated rings. The molecule has 33 heavy (non-hydrogen) atoms. The number of allylic oxidation sites excluding steroid dienone is 6. The molecule has 5 atom stereocenters. The van der Waals surface area contributed by atoms with Gasteiger partial charge in [0.05, 0.1) is 28.1 Å². The number of rotatable bonds is 7. The number of aliphatic hydroxyl groups excluding tert-OH is 1. The highest BCUT2D eigenvalue weighted by atomic mass is 35.5. The molecule has 0 aromatic carbocycles. The first kappa shape index (κ1) is 23.9. The van der Waals surface area contributed by atoms with E-state index >= 15 is 0 Å². The van der Waals surface area contributed by atoms with E-state index in [4.69, 9.17) is 16.6 Å². The summed E-state index contributed by atoms with van der Waals surface area (Å²) in [4.78, 5) is 4.73. The van der Waals surface area contributed by atoms with Gasteiger partial charge in [0.25, 0.3) is 0 Å². The molecule has 0 saturated carbocycles. The van der Waals surface area contributed by atoms with Crippen molar-refractivity contribution in [2.24, 2.45) is 17.8 Å². The first-order chi connectivity index (χ1) is 15.8. The van der Waals surface area contributed by atoms with Gasteiger partial charge < -0.3 is 10.2 Å². The van der Waals surface area contributed by atoms with Crippen LogP contribution in [0.4, 0.5) is 0 Å². The molecular formula is C29H34ClNO2. The minimum atomic E-state index is -0.776. The fourth-order valence-corrected chi connectivity index (χ4v) is 5.10. The summed E-state index contributed by atoms with van der Waals surface area (Å²) in [5.41, 5.74) is 1.11. The van der Waals surface area contributed by atoms with Crippen LogP contribution in [0, 0.1) is 17.8 Å². The smallest absolute Gasteiger partial charge is 0.0787 e. The SMILES string of the molecule is CC(C)(O)C1C=CC=CC1CC[C@H](O)C1=CC(/C=C/c2ccc3c(n2)=CC(Cl)CC=3)CC=C1. The zero-order chi connectivity index (χ0) is 23.4. The van der Waals surface area contributed by atoms with Gasteiger partial charge in [-0.2, -0.15) is 0 Å². The first-order valence-electron chi connectivity index (χ1n) is 11.9.